The summed E-state index contributed by atoms with van der Waals surface area (Å²) >= 11 is 0. The molecule has 5 heteroatoms. The molecule has 0 N–H and O–H groups in total. The second kappa shape index (κ2) is 11.0. The van der Waals surface area contributed by atoms with E-state index in [0.29, 0.717) is 18.9 Å². The molecule has 0 spiro atoms. The highest BCUT2D eigenvalue weighted by Gasteiger charge is 2.13. The molecular weight excluding hydrogens is 362 g/mol. The fourth-order valence-electron chi connectivity index (χ4n) is 2.52. The fourth-order valence-corrected chi connectivity index (χ4v) is 2.52. The summed E-state index contributed by atoms with van der Waals surface area (Å²) in [5.41, 5.74) is 2.57. The maximum Gasteiger partial charge on any atom is 0.344 e. The van der Waals surface area contributed by atoms with Crippen LogP contribution in [0.3, 0.4) is 0 Å². The average Bonchev–Trinajstić information content (AvgIpc) is 2.60. The molecule has 0 saturated carbocycles. The molecule has 0 radical (unpaired) electrons. The Morgan fingerprint density at radius 2 is 1.63 bits per heavy atom. The summed E-state index contributed by atoms with van der Waals surface area (Å²) in [5.74, 6) is 0.328. The van der Waals surface area contributed by atoms with Crippen LogP contribution in [0.25, 0.3) is 0 Å². The molecule has 2 rings (SSSR count). The number of rotatable bonds is 8. The van der Waals surface area contributed by atoms with Crippen LogP contribution in [0.2, 0.25) is 0 Å². The van der Waals surface area contributed by atoms with Crippen molar-refractivity contribution in [2.45, 2.75) is 32.7 Å². The summed E-state index contributed by atoms with van der Waals surface area (Å²) in [4.78, 5) is 13.9. The fraction of sp³-hybridized carbons (Fsp3) is 0.409. The van der Waals surface area contributed by atoms with Gasteiger partial charge in [0.2, 0.25) is 0 Å². The van der Waals surface area contributed by atoms with Crippen LogP contribution in [0.1, 0.15) is 31.9 Å². The van der Waals surface area contributed by atoms with E-state index in [0.717, 1.165) is 6.54 Å². The van der Waals surface area contributed by atoms with E-state index in [9.17, 15) is 4.79 Å². The van der Waals surface area contributed by atoms with E-state index < -0.39 is 0 Å². The average molecular weight is 392 g/mol. The molecule has 0 unspecified atom stereocenters. The lowest BCUT2D eigenvalue weighted by Gasteiger charge is -2.19. The van der Waals surface area contributed by atoms with E-state index in [-0.39, 0.29) is 30.4 Å². The number of likely N-dealkylation sites (N-methyl/N-ethyl adjacent to an activating group) is 1. The molecule has 0 bridgehead atoms. The van der Waals surface area contributed by atoms with Crippen molar-refractivity contribution in [3.05, 3.63) is 65.7 Å². The molecule has 0 heterocycles. The maximum absolute atomic E-state index is 11.8. The van der Waals surface area contributed by atoms with E-state index in [1.54, 1.807) is 0 Å². The van der Waals surface area contributed by atoms with Crippen LogP contribution in [0.5, 0.6) is 5.75 Å². The number of nitrogens with zero attached hydrogens (tertiary/aromatic N) is 1. The van der Waals surface area contributed by atoms with Crippen molar-refractivity contribution in [2.75, 3.05) is 26.8 Å². The Bertz CT molecular complexity index is 681. The van der Waals surface area contributed by atoms with Crippen molar-refractivity contribution in [2.24, 2.45) is 0 Å². The molecule has 0 amide bonds. The Balaban J connectivity index is 0.00000364. The molecule has 0 aromatic heterocycles. The monoisotopic (exact) mass is 391 g/mol. The minimum absolute atomic E-state index is 0. The summed E-state index contributed by atoms with van der Waals surface area (Å²) in [6.07, 6.45) is 0. The molecule has 0 aliphatic rings. The van der Waals surface area contributed by atoms with Gasteiger partial charge in [-0.05, 0) is 35.7 Å². The van der Waals surface area contributed by atoms with Gasteiger partial charge in [-0.3, -0.25) is 4.90 Å². The highest BCUT2D eigenvalue weighted by atomic mass is 35.5. The van der Waals surface area contributed by atoms with Crippen molar-refractivity contribution in [1.82, 2.24) is 4.90 Å². The van der Waals surface area contributed by atoms with Crippen LogP contribution in [0, 0.1) is 0 Å². The van der Waals surface area contributed by atoms with Gasteiger partial charge in [0, 0.05) is 13.1 Å². The number of hydrogen-bond acceptors (Lipinski definition) is 4. The summed E-state index contributed by atoms with van der Waals surface area (Å²) in [6, 6.07) is 18.1. The van der Waals surface area contributed by atoms with Crippen molar-refractivity contribution >= 4 is 18.4 Å². The molecule has 148 valence electrons. The van der Waals surface area contributed by atoms with E-state index in [1.807, 2.05) is 49.5 Å². The quantitative estimate of drug-likeness (QED) is 0.623. The maximum atomic E-state index is 11.8. The van der Waals surface area contributed by atoms with Gasteiger partial charge in [0.05, 0.1) is 0 Å². The third-order valence-corrected chi connectivity index (χ3v) is 4.11. The van der Waals surface area contributed by atoms with Gasteiger partial charge in [0.15, 0.2) is 6.61 Å². The molecule has 2 aromatic carbocycles. The van der Waals surface area contributed by atoms with Gasteiger partial charge in [-0.1, -0.05) is 63.2 Å². The summed E-state index contributed by atoms with van der Waals surface area (Å²) in [5, 5.41) is 0. The largest absolute Gasteiger partial charge is 0.482 e. The first-order valence-corrected chi connectivity index (χ1v) is 8.96. The first-order valence-electron chi connectivity index (χ1n) is 8.96. The van der Waals surface area contributed by atoms with Crippen LogP contribution >= 0.6 is 12.4 Å². The Labute approximate surface area is 168 Å². The predicted octanol–water partition coefficient (Wildman–Crippen LogP) is 4.46. The Morgan fingerprint density at radius 3 is 2.22 bits per heavy atom. The number of halogens is 1. The van der Waals surface area contributed by atoms with E-state index in [2.05, 4.69) is 37.8 Å². The van der Waals surface area contributed by atoms with Crippen LogP contribution in [0.4, 0.5) is 0 Å². The third kappa shape index (κ3) is 8.46. The van der Waals surface area contributed by atoms with E-state index in [1.165, 1.54) is 11.1 Å². The number of benzene rings is 2. The number of ether oxygens (including phenoxy) is 2. The van der Waals surface area contributed by atoms with Gasteiger partial charge in [0.25, 0.3) is 0 Å². The van der Waals surface area contributed by atoms with Crippen molar-refractivity contribution in [3.8, 4) is 5.75 Å². The highest BCUT2D eigenvalue weighted by Crippen LogP contribution is 2.24. The van der Waals surface area contributed by atoms with Crippen LogP contribution in [0.15, 0.2) is 54.6 Å². The zero-order chi connectivity index (χ0) is 19.0. The highest BCUT2D eigenvalue weighted by molar-refractivity contribution is 5.85. The first-order chi connectivity index (χ1) is 12.3. The Morgan fingerprint density at radius 1 is 1.00 bits per heavy atom. The van der Waals surface area contributed by atoms with Gasteiger partial charge in [0.1, 0.15) is 12.4 Å². The molecule has 27 heavy (non-hydrogen) atoms. The SMILES string of the molecule is CN(CCOC(=O)COc1ccc(C(C)(C)C)cc1)Cc1ccccc1.Cl. The van der Waals surface area contributed by atoms with Gasteiger partial charge in [-0.15, -0.1) is 12.4 Å². The van der Waals surface area contributed by atoms with Crippen LogP contribution in [-0.2, 0) is 21.5 Å². The first kappa shape index (κ1) is 23.0. The summed E-state index contributed by atoms with van der Waals surface area (Å²) in [6.45, 7) is 8.28. The molecule has 0 saturated heterocycles. The lowest BCUT2D eigenvalue weighted by atomic mass is 9.87. The Hall–Kier alpha value is -2.04. The van der Waals surface area contributed by atoms with Crippen molar-refractivity contribution in [3.63, 3.8) is 0 Å². The van der Waals surface area contributed by atoms with E-state index in [4.69, 9.17) is 9.47 Å². The molecule has 4 nitrogen and oxygen atoms in total. The third-order valence-electron chi connectivity index (χ3n) is 4.11. The minimum Gasteiger partial charge on any atom is -0.482 e. The van der Waals surface area contributed by atoms with Crippen molar-refractivity contribution in [1.29, 1.82) is 0 Å². The number of esters is 1. The topological polar surface area (TPSA) is 38.8 Å². The van der Waals surface area contributed by atoms with Crippen molar-refractivity contribution < 1.29 is 14.3 Å². The molecular formula is C22H30ClNO3. The number of carbonyl (C=O) groups is 1. The van der Waals surface area contributed by atoms with Gasteiger partial charge in [-0.25, -0.2) is 4.79 Å². The standard InChI is InChI=1S/C22H29NO3.ClH/c1-22(2,3)19-10-12-20(13-11-19)26-17-21(24)25-15-14-23(4)16-18-8-6-5-7-9-18;/h5-13H,14-17H2,1-4H3;1H. The molecule has 2 aromatic rings. The zero-order valence-electron chi connectivity index (χ0n) is 16.6. The van der Waals surface area contributed by atoms with Gasteiger partial charge < -0.3 is 9.47 Å². The molecule has 0 atom stereocenters. The second-order valence-electron chi connectivity index (χ2n) is 7.51. The lowest BCUT2D eigenvalue weighted by Crippen LogP contribution is -2.25. The molecule has 0 aliphatic heterocycles. The summed E-state index contributed by atoms with van der Waals surface area (Å²) in [7, 11) is 2.01. The number of hydrogen-bond donors (Lipinski definition) is 0. The second-order valence-corrected chi connectivity index (χ2v) is 7.51. The molecule has 0 fully saturated rings. The smallest absolute Gasteiger partial charge is 0.344 e. The molecule has 0 aliphatic carbocycles. The van der Waals surface area contributed by atoms with Gasteiger partial charge in [-0.2, -0.15) is 0 Å². The Kier molecular flexibility index (Phi) is 9.33. The van der Waals surface area contributed by atoms with E-state index >= 15 is 0 Å². The zero-order valence-corrected chi connectivity index (χ0v) is 17.4. The van der Waals surface area contributed by atoms with Crippen LogP contribution < -0.4 is 4.74 Å². The normalized spacial score (nSPS) is 11.0. The van der Waals surface area contributed by atoms with Crippen LogP contribution in [-0.4, -0.2) is 37.7 Å². The summed E-state index contributed by atoms with van der Waals surface area (Å²) < 4.78 is 10.7. The number of carbonyl (C=O) groups excluding carboxylic acids is 1. The van der Waals surface area contributed by atoms with Gasteiger partial charge >= 0.3 is 5.97 Å². The minimum atomic E-state index is -0.349. The lowest BCUT2D eigenvalue weighted by molar-refractivity contribution is -0.146. The predicted molar refractivity (Wildman–Crippen MR) is 112 cm³/mol.